The lowest BCUT2D eigenvalue weighted by Crippen LogP contribution is -2.33. The van der Waals surface area contributed by atoms with E-state index in [-0.39, 0.29) is 12.0 Å². The zero-order chi connectivity index (χ0) is 18.1. The molecule has 1 fully saturated rings. The maximum Gasteiger partial charge on any atom is 0.414 e. The Balaban J connectivity index is 1.50. The molecule has 1 N–H and O–H groups in total. The smallest absolute Gasteiger partial charge is 0.414 e. The van der Waals surface area contributed by atoms with Crippen LogP contribution < -0.4 is 10.2 Å². The number of rotatable bonds is 4. The highest BCUT2D eigenvalue weighted by Gasteiger charge is 2.32. The van der Waals surface area contributed by atoms with E-state index in [9.17, 15) is 9.59 Å². The van der Waals surface area contributed by atoms with Gasteiger partial charge in [-0.1, -0.05) is 12.1 Å². The Kier molecular flexibility index (Phi) is 4.00. The molecular formula is C18H17N5O3. The molecule has 0 unspecified atom stereocenters. The molecule has 1 saturated heterocycles. The number of nitrogens with zero attached hydrogens (tertiary/aromatic N) is 4. The molecule has 132 valence electrons. The number of carbonyl (C=O) groups is 2. The first-order valence-corrected chi connectivity index (χ1v) is 8.22. The molecule has 0 bridgehead atoms. The Morgan fingerprint density at radius 3 is 2.77 bits per heavy atom. The minimum Gasteiger partial charge on any atom is -0.442 e. The summed E-state index contributed by atoms with van der Waals surface area (Å²) in [5.74, 6) is -0.145. The van der Waals surface area contributed by atoms with Gasteiger partial charge in [-0.05, 0) is 29.8 Å². The Hall–Kier alpha value is -3.42. The average Bonchev–Trinajstić information content (AvgIpc) is 3.25. The van der Waals surface area contributed by atoms with Gasteiger partial charge in [-0.2, -0.15) is 5.10 Å². The summed E-state index contributed by atoms with van der Waals surface area (Å²) in [6.07, 6.45) is 2.67. The van der Waals surface area contributed by atoms with Crippen LogP contribution in [0.3, 0.4) is 0 Å². The predicted molar refractivity (Wildman–Crippen MR) is 94.7 cm³/mol. The number of carbonyl (C=O) groups excluding carboxylic acids is 2. The first-order valence-electron chi connectivity index (χ1n) is 8.22. The van der Waals surface area contributed by atoms with Crippen LogP contribution in [0, 0.1) is 0 Å². The van der Waals surface area contributed by atoms with Gasteiger partial charge in [0.25, 0.3) is 0 Å². The fourth-order valence-electron chi connectivity index (χ4n) is 2.92. The lowest BCUT2D eigenvalue weighted by Gasteiger charge is -2.13. The number of nitrogens with one attached hydrogen (secondary N) is 1. The summed E-state index contributed by atoms with van der Waals surface area (Å²) in [7, 11) is 0. The normalized spacial score (nSPS) is 16.7. The number of amides is 2. The summed E-state index contributed by atoms with van der Waals surface area (Å²) in [4.78, 5) is 28.8. The second kappa shape index (κ2) is 6.47. The number of benzene rings is 1. The van der Waals surface area contributed by atoms with Crippen LogP contribution in [0.2, 0.25) is 0 Å². The van der Waals surface area contributed by atoms with Crippen LogP contribution >= 0.6 is 0 Å². The summed E-state index contributed by atoms with van der Waals surface area (Å²) in [5, 5.41) is 6.81. The quantitative estimate of drug-likeness (QED) is 0.775. The van der Waals surface area contributed by atoms with Gasteiger partial charge >= 0.3 is 6.09 Å². The van der Waals surface area contributed by atoms with Crippen molar-refractivity contribution in [2.24, 2.45) is 0 Å². The highest BCUT2D eigenvalue weighted by atomic mass is 16.6. The zero-order valence-corrected chi connectivity index (χ0v) is 14.1. The van der Waals surface area contributed by atoms with Crippen LogP contribution in [0.25, 0.3) is 16.8 Å². The summed E-state index contributed by atoms with van der Waals surface area (Å²) in [5.41, 5.74) is 3.55. The molecule has 4 rings (SSSR count). The van der Waals surface area contributed by atoms with E-state index in [1.54, 1.807) is 9.42 Å². The van der Waals surface area contributed by atoms with Crippen molar-refractivity contribution >= 4 is 23.3 Å². The van der Waals surface area contributed by atoms with E-state index >= 15 is 0 Å². The molecule has 8 heteroatoms. The molecule has 26 heavy (non-hydrogen) atoms. The van der Waals surface area contributed by atoms with Crippen molar-refractivity contribution in [3.05, 3.63) is 48.9 Å². The third-order valence-electron chi connectivity index (χ3n) is 4.24. The highest BCUT2D eigenvalue weighted by Crippen LogP contribution is 2.26. The number of anilines is 1. The molecule has 1 aliphatic heterocycles. The highest BCUT2D eigenvalue weighted by molar-refractivity contribution is 5.90. The van der Waals surface area contributed by atoms with E-state index < -0.39 is 6.09 Å². The van der Waals surface area contributed by atoms with Crippen molar-refractivity contribution < 1.29 is 14.3 Å². The Labute approximate surface area is 149 Å². The van der Waals surface area contributed by atoms with Gasteiger partial charge in [-0.15, -0.1) is 0 Å². The molecule has 0 spiro atoms. The van der Waals surface area contributed by atoms with Gasteiger partial charge < -0.3 is 10.1 Å². The first-order chi connectivity index (χ1) is 12.6. The second-order valence-corrected chi connectivity index (χ2v) is 6.08. The fraction of sp³-hybridized carbons (Fsp3) is 0.222. The van der Waals surface area contributed by atoms with E-state index in [1.165, 1.54) is 13.3 Å². The van der Waals surface area contributed by atoms with Crippen LogP contribution in [-0.4, -0.2) is 45.8 Å². The van der Waals surface area contributed by atoms with Gasteiger partial charge in [0.1, 0.15) is 12.4 Å². The van der Waals surface area contributed by atoms with Crippen molar-refractivity contribution in [2.45, 2.75) is 13.0 Å². The lowest BCUT2D eigenvalue weighted by molar-refractivity contribution is -0.119. The molecule has 3 heterocycles. The van der Waals surface area contributed by atoms with E-state index in [2.05, 4.69) is 15.4 Å². The minimum atomic E-state index is -0.405. The van der Waals surface area contributed by atoms with Gasteiger partial charge in [0, 0.05) is 24.4 Å². The summed E-state index contributed by atoms with van der Waals surface area (Å²) in [6, 6.07) is 11.5. The number of fused-ring (bicyclic) bond motifs is 1. The second-order valence-electron chi connectivity index (χ2n) is 6.08. The predicted octanol–water partition coefficient (Wildman–Crippen LogP) is 1.86. The maximum absolute atomic E-state index is 12.1. The lowest BCUT2D eigenvalue weighted by atomic mass is 10.1. The molecule has 1 aliphatic rings. The van der Waals surface area contributed by atoms with Gasteiger partial charge in [-0.25, -0.2) is 14.3 Å². The molecule has 2 aromatic heterocycles. The van der Waals surface area contributed by atoms with Crippen LogP contribution in [0.15, 0.2) is 48.9 Å². The number of ether oxygens (including phenoxy) is 1. The number of hydrogen-bond donors (Lipinski definition) is 1. The van der Waals surface area contributed by atoms with Crippen molar-refractivity contribution in [3.8, 4) is 11.1 Å². The Bertz CT molecular complexity index is 966. The maximum atomic E-state index is 12.1. The third-order valence-corrected chi connectivity index (χ3v) is 4.24. The Morgan fingerprint density at radius 2 is 2.00 bits per heavy atom. The van der Waals surface area contributed by atoms with Crippen molar-refractivity contribution in [2.75, 3.05) is 18.0 Å². The molecule has 0 aliphatic carbocycles. The van der Waals surface area contributed by atoms with Gasteiger partial charge in [0.05, 0.1) is 13.1 Å². The van der Waals surface area contributed by atoms with Gasteiger partial charge in [-0.3, -0.25) is 9.69 Å². The molecular weight excluding hydrogens is 334 g/mol. The Morgan fingerprint density at radius 1 is 1.23 bits per heavy atom. The topological polar surface area (TPSA) is 88.8 Å². The summed E-state index contributed by atoms with van der Waals surface area (Å²) >= 11 is 0. The van der Waals surface area contributed by atoms with Crippen LogP contribution in [0.1, 0.15) is 6.92 Å². The van der Waals surface area contributed by atoms with Crippen LogP contribution in [0.5, 0.6) is 0 Å². The SMILES string of the molecule is CC(=O)NC[C@H]1CN(c2ccc(-c3ccc4ncnn4c3)cc2)C(=O)O1. The number of hydrogen-bond acceptors (Lipinski definition) is 5. The van der Waals surface area contributed by atoms with E-state index in [4.69, 9.17) is 4.74 Å². The van der Waals surface area contributed by atoms with Crippen LogP contribution in [-0.2, 0) is 9.53 Å². The average molecular weight is 351 g/mol. The zero-order valence-electron chi connectivity index (χ0n) is 14.1. The molecule has 8 nitrogen and oxygen atoms in total. The molecule has 2 amide bonds. The summed E-state index contributed by atoms with van der Waals surface area (Å²) in [6.45, 7) is 2.15. The van der Waals surface area contributed by atoms with E-state index in [1.807, 2.05) is 42.6 Å². The standard InChI is InChI=1S/C18H17N5O3/c1-12(24)19-8-16-10-22(18(25)26-16)15-5-2-13(3-6-15)14-4-7-17-20-11-21-23(17)9-14/h2-7,9,11,16H,8,10H2,1H3,(H,19,24)/t16-/m0/s1. The number of pyridine rings is 1. The molecule has 0 saturated carbocycles. The molecule has 3 aromatic rings. The number of cyclic esters (lactones) is 1. The van der Waals surface area contributed by atoms with E-state index in [0.29, 0.717) is 13.1 Å². The minimum absolute atomic E-state index is 0.145. The summed E-state index contributed by atoms with van der Waals surface area (Å²) < 4.78 is 7.00. The monoisotopic (exact) mass is 351 g/mol. The first kappa shape index (κ1) is 16.1. The largest absolute Gasteiger partial charge is 0.442 e. The van der Waals surface area contributed by atoms with Crippen molar-refractivity contribution in [1.82, 2.24) is 19.9 Å². The fourth-order valence-corrected chi connectivity index (χ4v) is 2.92. The number of aromatic nitrogens is 3. The van der Waals surface area contributed by atoms with Crippen LogP contribution in [0.4, 0.5) is 10.5 Å². The molecule has 1 aromatic carbocycles. The third kappa shape index (κ3) is 3.08. The van der Waals surface area contributed by atoms with Crippen molar-refractivity contribution in [3.63, 3.8) is 0 Å². The van der Waals surface area contributed by atoms with E-state index in [0.717, 1.165) is 22.5 Å². The molecule has 1 atom stereocenters. The van der Waals surface area contributed by atoms with Gasteiger partial charge in [0.15, 0.2) is 5.65 Å². The molecule has 0 radical (unpaired) electrons. The van der Waals surface area contributed by atoms with Crippen molar-refractivity contribution in [1.29, 1.82) is 0 Å². The van der Waals surface area contributed by atoms with Gasteiger partial charge in [0.2, 0.25) is 5.91 Å².